The van der Waals surface area contributed by atoms with Crippen molar-refractivity contribution in [2.75, 3.05) is 26.1 Å². The summed E-state index contributed by atoms with van der Waals surface area (Å²) in [4.78, 5) is 25.3. The van der Waals surface area contributed by atoms with Crippen LogP contribution in [0.25, 0.3) is 10.9 Å². The molecule has 0 radical (unpaired) electrons. The maximum atomic E-state index is 11.8. The number of aliphatic hydroxyl groups excluding tert-OH is 2. The van der Waals surface area contributed by atoms with Crippen LogP contribution in [0.4, 0.5) is 5.82 Å². The normalized spacial score (nSPS) is 13.8. The summed E-state index contributed by atoms with van der Waals surface area (Å²) >= 11 is 0. The van der Waals surface area contributed by atoms with E-state index in [9.17, 15) is 15.0 Å². The van der Waals surface area contributed by atoms with Crippen molar-refractivity contribution >= 4 is 22.6 Å². The zero-order valence-corrected chi connectivity index (χ0v) is 19.0. The highest BCUT2D eigenvalue weighted by Gasteiger charge is 2.19. The maximum absolute atomic E-state index is 11.8. The second-order valence-electron chi connectivity index (χ2n) is 7.81. The van der Waals surface area contributed by atoms with Gasteiger partial charge in [0.05, 0.1) is 31.3 Å². The van der Waals surface area contributed by atoms with Gasteiger partial charge in [0.15, 0.2) is 0 Å². The predicted molar refractivity (Wildman–Crippen MR) is 125 cm³/mol. The van der Waals surface area contributed by atoms with E-state index in [1.165, 1.54) is 20.5 Å². The zero-order valence-electron chi connectivity index (χ0n) is 19.0. The molecule has 1 amide bonds. The lowest BCUT2D eigenvalue weighted by Crippen LogP contribution is -2.31. The number of benzene rings is 2. The van der Waals surface area contributed by atoms with Gasteiger partial charge in [0.25, 0.3) is 0 Å². The molecule has 0 aliphatic heterocycles. The summed E-state index contributed by atoms with van der Waals surface area (Å²) in [6.07, 6.45) is -0.589. The Bertz CT molecular complexity index is 1050. The van der Waals surface area contributed by atoms with Gasteiger partial charge in [-0.3, -0.25) is 9.63 Å². The van der Waals surface area contributed by atoms with Crippen LogP contribution >= 0.6 is 0 Å². The molecule has 2 aromatic carbocycles. The van der Waals surface area contributed by atoms with Crippen LogP contribution in [0, 0.1) is 0 Å². The monoisotopic (exact) mass is 454 g/mol. The fraction of sp³-hybridized carbons (Fsp3) is 0.375. The van der Waals surface area contributed by atoms with Crippen LogP contribution in [0.2, 0.25) is 0 Å². The summed E-state index contributed by atoms with van der Waals surface area (Å²) in [6.45, 7) is 2.02. The van der Waals surface area contributed by atoms with Crippen molar-refractivity contribution in [3.63, 3.8) is 0 Å². The smallest absolute Gasteiger partial charge is 0.248 e. The number of rotatable bonds is 11. The largest absolute Gasteiger partial charge is 0.491 e. The fourth-order valence-corrected chi connectivity index (χ4v) is 3.36. The quantitative estimate of drug-likeness (QED) is 0.379. The van der Waals surface area contributed by atoms with Gasteiger partial charge in [0.1, 0.15) is 24.5 Å². The van der Waals surface area contributed by atoms with Crippen molar-refractivity contribution in [1.82, 2.24) is 15.0 Å². The molecule has 0 spiro atoms. The molecule has 3 atom stereocenters. The second-order valence-corrected chi connectivity index (χ2v) is 7.81. The van der Waals surface area contributed by atoms with Crippen molar-refractivity contribution in [3.05, 3.63) is 60.4 Å². The van der Waals surface area contributed by atoms with E-state index >= 15 is 0 Å². The Balaban J connectivity index is 1.62. The number of hydroxylamine groups is 2. The van der Waals surface area contributed by atoms with Crippen LogP contribution in [0.1, 0.15) is 31.4 Å². The zero-order chi connectivity index (χ0) is 23.8. The van der Waals surface area contributed by atoms with E-state index in [1.54, 1.807) is 6.07 Å². The van der Waals surface area contributed by atoms with Crippen LogP contribution < -0.4 is 10.1 Å². The molecule has 1 aromatic heterocycles. The first-order chi connectivity index (χ1) is 15.9. The molecule has 3 aromatic rings. The van der Waals surface area contributed by atoms with Crippen molar-refractivity contribution in [1.29, 1.82) is 0 Å². The third-order valence-electron chi connectivity index (χ3n) is 5.28. The summed E-state index contributed by atoms with van der Waals surface area (Å²) in [5, 5.41) is 25.5. The Morgan fingerprint density at radius 1 is 1.12 bits per heavy atom. The number of carbonyl (C=O) groups is 1. The van der Waals surface area contributed by atoms with E-state index < -0.39 is 12.2 Å². The number of fused-ring (bicyclic) bond motifs is 1. The van der Waals surface area contributed by atoms with Crippen molar-refractivity contribution in [2.45, 2.75) is 38.0 Å². The summed E-state index contributed by atoms with van der Waals surface area (Å²) in [5.74, 6) is 0.840. The number of amides is 1. The number of nitrogens with one attached hydrogen (secondary N) is 1. The van der Waals surface area contributed by atoms with Gasteiger partial charge in [-0.1, -0.05) is 30.3 Å². The van der Waals surface area contributed by atoms with Crippen molar-refractivity contribution < 1.29 is 24.6 Å². The van der Waals surface area contributed by atoms with Crippen LogP contribution in [-0.2, 0) is 9.63 Å². The molecule has 33 heavy (non-hydrogen) atoms. The minimum absolute atomic E-state index is 0.00137. The number of aromatic nitrogens is 2. The summed E-state index contributed by atoms with van der Waals surface area (Å²) in [5.41, 5.74) is 1.89. The molecule has 3 unspecified atom stereocenters. The molecule has 0 saturated carbocycles. The van der Waals surface area contributed by atoms with E-state index in [-0.39, 0.29) is 31.4 Å². The van der Waals surface area contributed by atoms with Gasteiger partial charge >= 0.3 is 0 Å². The van der Waals surface area contributed by atoms with Gasteiger partial charge in [-0.05, 0) is 30.7 Å². The van der Waals surface area contributed by atoms with Gasteiger partial charge in [-0.15, -0.1) is 0 Å². The van der Waals surface area contributed by atoms with Crippen LogP contribution in [0.5, 0.6) is 5.75 Å². The second kappa shape index (κ2) is 11.6. The molecule has 0 fully saturated rings. The average Bonchev–Trinajstić information content (AvgIpc) is 2.82. The Labute approximate surface area is 192 Å². The molecule has 0 bridgehead atoms. The molecule has 1 heterocycles. The first kappa shape index (κ1) is 24.4. The minimum Gasteiger partial charge on any atom is -0.491 e. The molecular formula is C24H30N4O5. The third-order valence-corrected chi connectivity index (χ3v) is 5.28. The number of hydrogen-bond acceptors (Lipinski definition) is 8. The molecular weight excluding hydrogens is 424 g/mol. The number of hydrogen-bond donors (Lipinski definition) is 3. The van der Waals surface area contributed by atoms with E-state index in [4.69, 9.17) is 9.57 Å². The Morgan fingerprint density at radius 3 is 2.61 bits per heavy atom. The Hall–Kier alpha value is -3.27. The highest BCUT2D eigenvalue weighted by Crippen LogP contribution is 2.27. The SMILES string of the molecule is CON(C)C(=O)CC(O)CC(O)COc1ccc2ncnc(NC(C)c3ccccc3)c2c1. The standard InChI is InChI=1S/C24H30N4O5/c1-16(17-7-5-4-6-8-17)27-24-21-13-20(9-10-22(21)25-15-26-24)33-14-19(30)11-18(29)12-23(31)28(2)32-3/h4-10,13,15-16,18-19,29-30H,11-12,14H2,1-3H3,(H,25,26,27). The molecule has 176 valence electrons. The molecule has 9 heteroatoms. The van der Waals surface area contributed by atoms with E-state index in [0.717, 1.165) is 21.5 Å². The van der Waals surface area contributed by atoms with Crippen LogP contribution in [0.15, 0.2) is 54.9 Å². The molecule has 0 saturated heterocycles. The van der Waals surface area contributed by atoms with Gasteiger partial charge in [0, 0.05) is 24.9 Å². The number of aliphatic hydroxyl groups is 2. The van der Waals surface area contributed by atoms with Gasteiger partial charge in [-0.2, -0.15) is 0 Å². The lowest BCUT2D eigenvalue weighted by molar-refractivity contribution is -0.171. The number of carbonyl (C=O) groups excluding carboxylic acids is 1. The summed E-state index contributed by atoms with van der Waals surface area (Å²) in [7, 11) is 2.83. The number of nitrogens with zero attached hydrogens (tertiary/aromatic N) is 3. The van der Waals surface area contributed by atoms with E-state index in [1.807, 2.05) is 42.5 Å². The van der Waals surface area contributed by atoms with Gasteiger partial charge in [-0.25, -0.2) is 15.0 Å². The number of ether oxygens (including phenoxy) is 1. The van der Waals surface area contributed by atoms with Crippen LogP contribution in [-0.4, -0.2) is 64.1 Å². The van der Waals surface area contributed by atoms with E-state index in [2.05, 4.69) is 22.2 Å². The molecule has 0 aliphatic rings. The highest BCUT2D eigenvalue weighted by atomic mass is 16.7. The van der Waals surface area contributed by atoms with E-state index in [0.29, 0.717) is 11.6 Å². The third kappa shape index (κ3) is 6.85. The van der Waals surface area contributed by atoms with Crippen LogP contribution in [0.3, 0.4) is 0 Å². The first-order valence-corrected chi connectivity index (χ1v) is 10.7. The van der Waals surface area contributed by atoms with Crippen molar-refractivity contribution in [3.8, 4) is 5.75 Å². The Morgan fingerprint density at radius 2 is 1.88 bits per heavy atom. The lowest BCUT2D eigenvalue weighted by atomic mass is 10.1. The highest BCUT2D eigenvalue weighted by molar-refractivity contribution is 5.90. The topological polar surface area (TPSA) is 117 Å². The van der Waals surface area contributed by atoms with Crippen molar-refractivity contribution in [2.24, 2.45) is 0 Å². The number of anilines is 1. The van der Waals surface area contributed by atoms with Gasteiger partial charge < -0.3 is 20.3 Å². The predicted octanol–water partition coefficient (Wildman–Crippen LogP) is 2.70. The average molecular weight is 455 g/mol. The molecule has 0 aliphatic carbocycles. The summed E-state index contributed by atoms with van der Waals surface area (Å²) < 4.78 is 5.73. The maximum Gasteiger partial charge on any atom is 0.248 e. The van der Waals surface area contributed by atoms with Gasteiger partial charge in [0.2, 0.25) is 5.91 Å². The fourth-order valence-electron chi connectivity index (χ4n) is 3.36. The molecule has 3 rings (SSSR count). The summed E-state index contributed by atoms with van der Waals surface area (Å²) in [6, 6.07) is 15.5. The minimum atomic E-state index is -1.01. The molecule has 9 nitrogen and oxygen atoms in total. The Kier molecular flexibility index (Phi) is 8.53. The molecule has 3 N–H and O–H groups in total. The lowest BCUT2D eigenvalue weighted by Gasteiger charge is -2.19. The first-order valence-electron chi connectivity index (χ1n) is 10.7.